The lowest BCUT2D eigenvalue weighted by atomic mass is 9.93. The number of pyridine rings is 1. The van der Waals surface area contributed by atoms with Crippen LogP contribution >= 0.6 is 11.6 Å². The molecule has 49 heavy (non-hydrogen) atoms. The van der Waals surface area contributed by atoms with Gasteiger partial charge in [0.25, 0.3) is 0 Å². The normalized spacial score (nSPS) is 11.9. The van der Waals surface area contributed by atoms with E-state index in [1.807, 2.05) is 50.2 Å². The minimum Gasteiger partial charge on any atom is -0.488 e. The summed E-state index contributed by atoms with van der Waals surface area (Å²) >= 11 is 6.70. The van der Waals surface area contributed by atoms with Gasteiger partial charge in [0.1, 0.15) is 30.8 Å². The first kappa shape index (κ1) is 36.7. The summed E-state index contributed by atoms with van der Waals surface area (Å²) in [6.45, 7) is 4.83. The number of aliphatic hydroxyl groups excluding tert-OH is 1. The second kappa shape index (κ2) is 17.3. The molecule has 1 atom stereocenters. The Balaban J connectivity index is 1.58. The Morgan fingerprint density at radius 2 is 1.78 bits per heavy atom. The van der Waals surface area contributed by atoms with Gasteiger partial charge in [-0.2, -0.15) is 5.26 Å². The van der Waals surface area contributed by atoms with Gasteiger partial charge in [0, 0.05) is 61.1 Å². The number of carboxylic acids is 1. The molecule has 0 fully saturated rings. The third kappa shape index (κ3) is 9.93. The van der Waals surface area contributed by atoms with Gasteiger partial charge >= 0.3 is 5.97 Å². The third-order valence-corrected chi connectivity index (χ3v) is 8.08. The van der Waals surface area contributed by atoms with Crippen LogP contribution in [0, 0.1) is 25.2 Å². The lowest BCUT2D eigenvalue weighted by Crippen LogP contribution is -2.28. The van der Waals surface area contributed by atoms with Crippen LogP contribution in [0.1, 0.15) is 39.8 Å². The number of hydrogen-bond donors (Lipinski definition) is 6. The average Bonchev–Trinajstić information content (AvgIpc) is 3.07. The summed E-state index contributed by atoms with van der Waals surface area (Å²) in [7, 11) is 0. The lowest BCUT2D eigenvalue weighted by molar-refractivity contribution is -0.139. The first-order chi connectivity index (χ1) is 23.5. The smallest absolute Gasteiger partial charge is 0.306 e. The molecule has 4 aromatic rings. The number of nitriles is 1. The van der Waals surface area contributed by atoms with Gasteiger partial charge in [-0.3, -0.25) is 14.8 Å². The first-order valence-electron chi connectivity index (χ1n) is 15.4. The molecule has 12 nitrogen and oxygen atoms in total. The molecular weight excluding hydrogens is 646 g/mol. The summed E-state index contributed by atoms with van der Waals surface area (Å²) in [6, 6.07) is 19.0. The Kier molecular flexibility index (Phi) is 12.9. The van der Waals surface area contributed by atoms with Crippen LogP contribution in [0.25, 0.3) is 11.1 Å². The Morgan fingerprint density at radius 1 is 1.06 bits per heavy atom. The Bertz CT molecular complexity index is 1860. The monoisotopic (exact) mass is 685 g/mol. The minimum absolute atomic E-state index is 0.0511. The lowest BCUT2D eigenvalue weighted by Gasteiger charge is -2.21. The van der Waals surface area contributed by atoms with E-state index in [4.69, 9.17) is 43.5 Å². The molecule has 9 N–H and O–H groups in total. The van der Waals surface area contributed by atoms with Crippen molar-refractivity contribution in [3.05, 3.63) is 117 Å². The van der Waals surface area contributed by atoms with Crippen LogP contribution in [0.4, 0.5) is 5.69 Å². The molecular formula is C36H40ClN7O5. The fourth-order valence-corrected chi connectivity index (χ4v) is 5.42. The van der Waals surface area contributed by atoms with Crippen LogP contribution in [0.15, 0.2) is 78.9 Å². The van der Waals surface area contributed by atoms with Crippen molar-refractivity contribution >= 4 is 23.3 Å². The number of anilines is 1. The fraction of sp³-hybridized carbons (Fsp3) is 0.250. The number of ether oxygens (including phenoxy) is 2. The maximum absolute atomic E-state index is 10.9. The molecule has 0 aliphatic rings. The van der Waals surface area contributed by atoms with Crippen molar-refractivity contribution in [1.29, 1.82) is 5.26 Å². The number of benzene rings is 3. The van der Waals surface area contributed by atoms with Gasteiger partial charge in [0.2, 0.25) is 0 Å². The molecule has 4 rings (SSSR count). The summed E-state index contributed by atoms with van der Waals surface area (Å²) in [5.74, 6) is 6.04. The highest BCUT2D eigenvalue weighted by molar-refractivity contribution is 6.32. The molecule has 1 unspecified atom stereocenters. The zero-order chi connectivity index (χ0) is 35.5. The van der Waals surface area contributed by atoms with E-state index >= 15 is 0 Å². The predicted molar refractivity (Wildman–Crippen MR) is 188 cm³/mol. The highest BCUT2D eigenvalue weighted by Crippen LogP contribution is 2.36. The molecule has 1 aromatic heterocycles. The van der Waals surface area contributed by atoms with E-state index in [-0.39, 0.29) is 39.3 Å². The molecule has 0 saturated carbocycles. The highest BCUT2D eigenvalue weighted by Gasteiger charge is 2.16. The number of hydrazine groups is 1. The van der Waals surface area contributed by atoms with Gasteiger partial charge in [0.15, 0.2) is 0 Å². The number of aromatic nitrogens is 1. The molecule has 0 bridgehead atoms. The van der Waals surface area contributed by atoms with Crippen molar-refractivity contribution in [3.63, 3.8) is 0 Å². The van der Waals surface area contributed by atoms with Crippen LogP contribution in [0.5, 0.6) is 11.5 Å². The number of aliphatic hydroxyl groups is 1. The second-order valence-corrected chi connectivity index (χ2v) is 11.8. The average molecular weight is 686 g/mol. The molecule has 0 spiro atoms. The minimum atomic E-state index is -1.09. The molecule has 1 heterocycles. The van der Waals surface area contributed by atoms with Crippen molar-refractivity contribution in [2.45, 2.75) is 46.1 Å². The Labute approximate surface area is 290 Å². The largest absolute Gasteiger partial charge is 0.488 e. The van der Waals surface area contributed by atoms with Gasteiger partial charge in [-0.25, -0.2) is 5.84 Å². The van der Waals surface area contributed by atoms with Crippen LogP contribution < -0.4 is 37.1 Å². The van der Waals surface area contributed by atoms with Crippen LogP contribution in [-0.2, 0) is 24.6 Å². The zero-order valence-electron chi connectivity index (χ0n) is 27.3. The standard InChI is InChI=1S/C36H40ClN7O5/c1-22-26(5-3-6-30(22)31-7-4-8-33(23(31)2)44(41)19-28(40)14-39)21-49-35-12-34(48-20-25-9-24(13-38)15-42-16-25)27(10-32(35)37)17-43-18-29(45)11-36(46)47/h3-10,12,15-16,19,29,43,45H,11,14,17-18,20-21,39-41H2,1-2H3,(H,46,47)/b28-19-. The SMILES string of the molecule is Cc1c(COc2cc(OCc3cncc(C#N)c3)c(CNCC(O)CC(=O)O)cc2Cl)cccc1-c1cccc(N(N)/C=C(\N)CN)c1C. The zero-order valence-corrected chi connectivity index (χ0v) is 28.1. The van der Waals surface area contributed by atoms with Gasteiger partial charge < -0.3 is 36.5 Å². The van der Waals surface area contributed by atoms with E-state index in [0.717, 1.165) is 33.5 Å². The van der Waals surface area contributed by atoms with Crippen molar-refractivity contribution in [1.82, 2.24) is 10.3 Å². The van der Waals surface area contributed by atoms with Crippen LogP contribution in [-0.4, -0.2) is 40.4 Å². The van der Waals surface area contributed by atoms with Crippen molar-refractivity contribution in [2.24, 2.45) is 17.3 Å². The summed E-state index contributed by atoms with van der Waals surface area (Å²) in [6.07, 6.45) is 3.23. The maximum atomic E-state index is 10.9. The fourth-order valence-electron chi connectivity index (χ4n) is 5.18. The van der Waals surface area contributed by atoms with Gasteiger partial charge in [-0.15, -0.1) is 0 Å². The van der Waals surface area contributed by atoms with Crippen molar-refractivity contribution in [3.8, 4) is 28.7 Å². The predicted octanol–water partition coefficient (Wildman–Crippen LogP) is 4.41. The van der Waals surface area contributed by atoms with Crippen LogP contribution in [0.2, 0.25) is 5.02 Å². The number of nitrogens with zero attached hydrogens (tertiary/aromatic N) is 3. The van der Waals surface area contributed by atoms with Gasteiger partial charge in [-0.05, 0) is 59.9 Å². The summed E-state index contributed by atoms with van der Waals surface area (Å²) in [5.41, 5.74) is 19.5. The highest BCUT2D eigenvalue weighted by atomic mass is 35.5. The quantitative estimate of drug-likeness (QED) is 0.0716. The summed E-state index contributed by atoms with van der Waals surface area (Å²) < 4.78 is 12.4. The van der Waals surface area contributed by atoms with Gasteiger partial charge in [0.05, 0.1) is 28.8 Å². The van der Waals surface area contributed by atoms with E-state index in [1.165, 1.54) is 11.2 Å². The number of aliphatic carboxylic acids is 1. The van der Waals surface area contributed by atoms with E-state index < -0.39 is 12.1 Å². The number of carboxylic acid groups (broad SMARTS) is 1. The molecule has 0 amide bonds. The third-order valence-electron chi connectivity index (χ3n) is 7.78. The molecule has 0 radical (unpaired) electrons. The molecule has 0 aliphatic heterocycles. The number of hydrogen-bond acceptors (Lipinski definition) is 11. The molecule has 0 saturated heterocycles. The molecule has 13 heteroatoms. The number of halogens is 1. The van der Waals surface area contributed by atoms with E-state index in [1.54, 1.807) is 30.6 Å². The van der Waals surface area contributed by atoms with Gasteiger partial charge in [-0.1, -0.05) is 41.9 Å². The van der Waals surface area contributed by atoms with E-state index in [0.29, 0.717) is 38.9 Å². The summed E-state index contributed by atoms with van der Waals surface area (Å²) in [4.78, 5) is 15.0. The first-order valence-corrected chi connectivity index (χ1v) is 15.8. The van der Waals surface area contributed by atoms with Crippen LogP contribution in [0.3, 0.4) is 0 Å². The molecule has 3 aromatic carbocycles. The topological polar surface area (TPSA) is 206 Å². The van der Waals surface area contributed by atoms with Crippen molar-refractivity contribution < 1.29 is 24.5 Å². The second-order valence-electron chi connectivity index (χ2n) is 11.4. The molecule has 0 aliphatic carbocycles. The number of nitrogens with two attached hydrogens (primary N) is 3. The van der Waals surface area contributed by atoms with Crippen molar-refractivity contribution in [2.75, 3.05) is 18.1 Å². The molecule has 256 valence electrons. The van der Waals surface area contributed by atoms with E-state index in [9.17, 15) is 15.2 Å². The number of carbonyl (C=O) groups is 1. The summed E-state index contributed by atoms with van der Waals surface area (Å²) in [5, 5.41) is 33.0. The van der Waals surface area contributed by atoms with E-state index in [2.05, 4.69) is 16.4 Å². The Morgan fingerprint density at radius 3 is 2.49 bits per heavy atom. The Hall–Kier alpha value is -5.16. The maximum Gasteiger partial charge on any atom is 0.306 e. The number of nitrogens with one attached hydrogen (secondary N) is 1. The number of rotatable bonds is 16.